The molecule has 0 heterocycles. The zero-order valence-corrected chi connectivity index (χ0v) is 9.69. The van der Waals surface area contributed by atoms with Crippen LogP contribution in [0, 0.1) is 0 Å². The van der Waals surface area contributed by atoms with Gasteiger partial charge in [-0.05, 0) is 18.1 Å². The molecular weight excluding hydrogens is 204 g/mol. The van der Waals surface area contributed by atoms with Crippen molar-refractivity contribution in [3.05, 3.63) is 35.4 Å². The normalized spacial score (nSPS) is 12.2. The summed E-state index contributed by atoms with van der Waals surface area (Å²) in [6.07, 6.45) is -0.426. The highest BCUT2D eigenvalue weighted by Crippen LogP contribution is 2.07. The summed E-state index contributed by atoms with van der Waals surface area (Å²) in [7, 11) is 1.51. The number of carbonyl (C=O) groups excluding carboxylic acids is 1. The molecule has 0 spiro atoms. The Balaban J connectivity index is 2.57. The number of hydrogen-bond acceptors (Lipinski definition) is 3. The highest BCUT2D eigenvalue weighted by atomic mass is 16.5. The second-order valence-electron chi connectivity index (χ2n) is 3.57. The third-order valence-electron chi connectivity index (χ3n) is 2.51. The quantitative estimate of drug-likeness (QED) is 0.774. The predicted molar refractivity (Wildman–Crippen MR) is 62.7 cm³/mol. The van der Waals surface area contributed by atoms with Gasteiger partial charge in [-0.15, -0.1) is 0 Å². The number of rotatable bonds is 5. The molecular formula is C12H18N2O2. The average molecular weight is 222 g/mol. The maximum Gasteiger partial charge on any atom is 0.249 e. The summed E-state index contributed by atoms with van der Waals surface area (Å²) >= 11 is 0. The van der Waals surface area contributed by atoms with Gasteiger partial charge >= 0.3 is 0 Å². The Hall–Kier alpha value is -1.39. The summed E-state index contributed by atoms with van der Waals surface area (Å²) in [6.45, 7) is 2.68. The minimum Gasteiger partial charge on any atom is -0.372 e. The molecule has 16 heavy (non-hydrogen) atoms. The molecule has 4 heteroatoms. The van der Waals surface area contributed by atoms with Crippen LogP contribution < -0.4 is 11.1 Å². The van der Waals surface area contributed by atoms with E-state index in [9.17, 15) is 4.79 Å². The first-order valence-electron chi connectivity index (χ1n) is 5.26. The first-order chi connectivity index (χ1) is 7.69. The van der Waals surface area contributed by atoms with Crippen LogP contribution in [0.15, 0.2) is 24.3 Å². The smallest absolute Gasteiger partial charge is 0.249 e. The summed E-state index contributed by atoms with van der Waals surface area (Å²) in [5, 5.41) is 2.80. The van der Waals surface area contributed by atoms with Crippen LogP contribution in [-0.2, 0) is 22.6 Å². The minimum absolute atomic E-state index is 0.116. The van der Waals surface area contributed by atoms with Crippen molar-refractivity contribution in [3.8, 4) is 0 Å². The van der Waals surface area contributed by atoms with Gasteiger partial charge in [0.1, 0.15) is 6.10 Å². The van der Waals surface area contributed by atoms with E-state index in [1.165, 1.54) is 7.11 Å². The molecule has 0 aliphatic carbocycles. The van der Waals surface area contributed by atoms with Crippen molar-refractivity contribution in [3.63, 3.8) is 0 Å². The third kappa shape index (κ3) is 3.32. The number of nitrogens with two attached hydrogens (primary N) is 1. The molecule has 1 amide bonds. The number of benzene rings is 1. The second kappa shape index (κ2) is 6.25. The van der Waals surface area contributed by atoms with Crippen LogP contribution in [0.25, 0.3) is 0 Å². The van der Waals surface area contributed by atoms with Crippen LogP contribution in [-0.4, -0.2) is 19.1 Å². The van der Waals surface area contributed by atoms with Gasteiger partial charge in [0.25, 0.3) is 0 Å². The molecule has 4 nitrogen and oxygen atoms in total. The predicted octanol–water partition coefficient (Wildman–Crippen LogP) is 0.796. The Labute approximate surface area is 95.8 Å². The zero-order valence-electron chi connectivity index (χ0n) is 9.69. The second-order valence-corrected chi connectivity index (χ2v) is 3.57. The van der Waals surface area contributed by atoms with E-state index in [-0.39, 0.29) is 5.91 Å². The lowest BCUT2D eigenvalue weighted by Crippen LogP contribution is -2.33. The monoisotopic (exact) mass is 222 g/mol. The van der Waals surface area contributed by atoms with E-state index in [4.69, 9.17) is 10.5 Å². The van der Waals surface area contributed by atoms with Gasteiger partial charge in [0.2, 0.25) is 5.91 Å². The van der Waals surface area contributed by atoms with Gasteiger partial charge in [0.05, 0.1) is 0 Å². The molecule has 0 radical (unpaired) electrons. The van der Waals surface area contributed by atoms with Gasteiger partial charge in [0, 0.05) is 20.2 Å². The van der Waals surface area contributed by atoms with Gasteiger partial charge in [-0.1, -0.05) is 24.3 Å². The molecule has 1 rings (SSSR count). The highest BCUT2D eigenvalue weighted by molar-refractivity contribution is 5.80. The van der Waals surface area contributed by atoms with E-state index >= 15 is 0 Å². The molecule has 88 valence electrons. The van der Waals surface area contributed by atoms with E-state index in [1.807, 2.05) is 24.3 Å². The first-order valence-corrected chi connectivity index (χ1v) is 5.26. The standard InChI is InChI=1S/C12H18N2O2/c1-9(16-2)12(15)14-8-11-6-4-3-5-10(11)7-13/h3-6,9H,7-8,13H2,1-2H3,(H,14,15). The fraction of sp³-hybridized carbons (Fsp3) is 0.417. The van der Waals surface area contributed by atoms with Crippen LogP contribution in [0.2, 0.25) is 0 Å². The van der Waals surface area contributed by atoms with E-state index in [0.717, 1.165) is 11.1 Å². The Kier molecular flexibility index (Phi) is 4.95. The van der Waals surface area contributed by atoms with Gasteiger partial charge in [-0.3, -0.25) is 4.79 Å². The Bertz CT molecular complexity index is 353. The molecule has 0 bridgehead atoms. The largest absolute Gasteiger partial charge is 0.372 e. The maximum absolute atomic E-state index is 11.5. The van der Waals surface area contributed by atoms with Crippen LogP contribution in [0.5, 0.6) is 0 Å². The SMILES string of the molecule is COC(C)C(=O)NCc1ccccc1CN. The number of hydrogen-bond donors (Lipinski definition) is 2. The van der Waals surface area contributed by atoms with Crippen molar-refractivity contribution in [2.45, 2.75) is 26.1 Å². The van der Waals surface area contributed by atoms with Crippen LogP contribution >= 0.6 is 0 Å². The minimum atomic E-state index is -0.426. The fourth-order valence-electron chi connectivity index (χ4n) is 1.36. The summed E-state index contributed by atoms with van der Waals surface area (Å²) in [5.74, 6) is -0.116. The fourth-order valence-corrected chi connectivity index (χ4v) is 1.36. The maximum atomic E-state index is 11.5. The van der Waals surface area contributed by atoms with E-state index < -0.39 is 6.10 Å². The van der Waals surface area contributed by atoms with Crippen molar-refractivity contribution in [2.24, 2.45) is 5.73 Å². The lowest BCUT2D eigenvalue weighted by atomic mass is 10.1. The number of methoxy groups -OCH3 is 1. The molecule has 0 saturated carbocycles. The van der Waals surface area contributed by atoms with E-state index in [0.29, 0.717) is 13.1 Å². The summed E-state index contributed by atoms with van der Waals surface area (Å²) in [4.78, 5) is 11.5. The van der Waals surface area contributed by atoms with Crippen molar-refractivity contribution in [1.82, 2.24) is 5.32 Å². The molecule has 0 fully saturated rings. The first kappa shape index (κ1) is 12.7. The lowest BCUT2D eigenvalue weighted by Gasteiger charge is -2.12. The van der Waals surface area contributed by atoms with Crippen molar-refractivity contribution < 1.29 is 9.53 Å². The van der Waals surface area contributed by atoms with Gasteiger partial charge < -0.3 is 15.8 Å². The van der Waals surface area contributed by atoms with Crippen LogP contribution in [0.4, 0.5) is 0 Å². The molecule has 1 aromatic carbocycles. The zero-order chi connectivity index (χ0) is 12.0. The van der Waals surface area contributed by atoms with Gasteiger partial charge in [0.15, 0.2) is 0 Å². The van der Waals surface area contributed by atoms with Gasteiger partial charge in [-0.2, -0.15) is 0 Å². The third-order valence-corrected chi connectivity index (χ3v) is 2.51. The molecule has 3 N–H and O–H groups in total. The van der Waals surface area contributed by atoms with Gasteiger partial charge in [-0.25, -0.2) is 0 Å². The number of nitrogens with one attached hydrogen (secondary N) is 1. The highest BCUT2D eigenvalue weighted by Gasteiger charge is 2.11. The molecule has 0 saturated heterocycles. The molecule has 0 aliphatic heterocycles. The lowest BCUT2D eigenvalue weighted by molar-refractivity contribution is -0.130. The van der Waals surface area contributed by atoms with Crippen molar-refractivity contribution >= 4 is 5.91 Å². The van der Waals surface area contributed by atoms with Crippen molar-refractivity contribution in [1.29, 1.82) is 0 Å². The Morgan fingerprint density at radius 1 is 1.44 bits per heavy atom. The molecule has 0 aliphatic rings. The number of carbonyl (C=O) groups is 1. The average Bonchev–Trinajstić information content (AvgIpc) is 2.35. The topological polar surface area (TPSA) is 64.3 Å². The van der Waals surface area contributed by atoms with Crippen molar-refractivity contribution in [2.75, 3.05) is 7.11 Å². The molecule has 1 aromatic rings. The molecule has 1 unspecified atom stereocenters. The molecule has 0 aromatic heterocycles. The summed E-state index contributed by atoms with van der Waals surface area (Å²) in [6, 6.07) is 7.78. The Morgan fingerprint density at radius 3 is 2.62 bits per heavy atom. The number of amides is 1. The summed E-state index contributed by atoms with van der Waals surface area (Å²) < 4.78 is 4.92. The number of ether oxygens (including phenoxy) is 1. The van der Waals surface area contributed by atoms with Crippen LogP contribution in [0.3, 0.4) is 0 Å². The Morgan fingerprint density at radius 2 is 2.06 bits per heavy atom. The van der Waals surface area contributed by atoms with E-state index in [2.05, 4.69) is 5.32 Å². The molecule has 1 atom stereocenters. The van der Waals surface area contributed by atoms with E-state index in [1.54, 1.807) is 6.92 Å². The van der Waals surface area contributed by atoms with Crippen LogP contribution in [0.1, 0.15) is 18.1 Å². The summed E-state index contributed by atoms with van der Waals surface area (Å²) in [5.41, 5.74) is 7.70.